The first-order chi connectivity index (χ1) is 9.61. The summed E-state index contributed by atoms with van der Waals surface area (Å²) < 4.78 is 5.86. The van der Waals surface area contributed by atoms with E-state index in [2.05, 4.69) is 37.0 Å². The summed E-state index contributed by atoms with van der Waals surface area (Å²) in [6, 6.07) is 12.1. The minimum Gasteiger partial charge on any atom is -0.440 e. The summed E-state index contributed by atoms with van der Waals surface area (Å²) in [7, 11) is 0. The maximum Gasteiger partial charge on any atom is 0.195 e. The quantitative estimate of drug-likeness (QED) is 0.733. The highest BCUT2D eigenvalue weighted by Gasteiger charge is 2.09. The monoisotopic (exact) mass is 266 g/mol. The van der Waals surface area contributed by atoms with Crippen LogP contribution in [0.2, 0.25) is 0 Å². The second-order valence-electron chi connectivity index (χ2n) is 5.28. The van der Waals surface area contributed by atoms with Crippen LogP contribution in [-0.4, -0.2) is 4.98 Å². The number of nitrogens with zero attached hydrogens (tertiary/aromatic N) is 1. The molecule has 0 unspecified atom stereocenters. The van der Waals surface area contributed by atoms with E-state index in [0.717, 1.165) is 41.1 Å². The molecule has 0 aliphatic heterocycles. The van der Waals surface area contributed by atoms with Crippen molar-refractivity contribution in [2.24, 2.45) is 0 Å². The van der Waals surface area contributed by atoms with E-state index in [1.807, 2.05) is 18.2 Å². The van der Waals surface area contributed by atoms with E-state index in [1.54, 1.807) is 0 Å². The van der Waals surface area contributed by atoms with E-state index in [1.165, 1.54) is 11.1 Å². The highest BCUT2D eigenvalue weighted by Crippen LogP contribution is 2.22. The summed E-state index contributed by atoms with van der Waals surface area (Å²) in [5.41, 5.74) is 12.0. The fourth-order valence-electron chi connectivity index (χ4n) is 2.53. The first-order valence-electron chi connectivity index (χ1n) is 6.83. The third kappa shape index (κ3) is 2.52. The number of aromatic nitrogens is 1. The molecule has 3 aromatic rings. The minimum atomic E-state index is 0.788. The fourth-order valence-corrected chi connectivity index (χ4v) is 2.53. The number of hydrogen-bond donors (Lipinski definition) is 1. The number of rotatable bonds is 3. The van der Waals surface area contributed by atoms with Crippen molar-refractivity contribution in [1.29, 1.82) is 0 Å². The van der Waals surface area contributed by atoms with Gasteiger partial charge in [-0.25, -0.2) is 4.98 Å². The Kier molecular flexibility index (Phi) is 3.18. The molecule has 0 spiro atoms. The molecule has 1 heterocycles. The second-order valence-corrected chi connectivity index (χ2v) is 5.28. The molecule has 0 saturated carbocycles. The summed E-state index contributed by atoms with van der Waals surface area (Å²) in [6.45, 7) is 4.13. The number of nitrogen functional groups attached to an aromatic ring is 1. The zero-order chi connectivity index (χ0) is 14.1. The normalized spacial score (nSPS) is 11.1. The van der Waals surface area contributed by atoms with Crippen LogP contribution in [0.15, 0.2) is 40.8 Å². The van der Waals surface area contributed by atoms with Crippen LogP contribution >= 0.6 is 0 Å². The van der Waals surface area contributed by atoms with E-state index in [0.29, 0.717) is 0 Å². The SMILES string of the molecule is Cc1cc(C)c2oc(CCc3cccc(N)c3)nc2c1. The molecule has 2 N–H and O–H groups in total. The van der Waals surface area contributed by atoms with Gasteiger partial charge in [-0.1, -0.05) is 18.2 Å². The van der Waals surface area contributed by atoms with E-state index in [4.69, 9.17) is 10.2 Å². The van der Waals surface area contributed by atoms with Gasteiger partial charge in [-0.05, 0) is 55.2 Å². The summed E-state index contributed by atoms with van der Waals surface area (Å²) in [5.74, 6) is 0.788. The Morgan fingerprint density at radius 3 is 2.75 bits per heavy atom. The molecule has 0 fully saturated rings. The maximum atomic E-state index is 5.86. The Labute approximate surface area is 118 Å². The van der Waals surface area contributed by atoms with Gasteiger partial charge in [0.1, 0.15) is 5.52 Å². The molecule has 0 aliphatic rings. The first-order valence-corrected chi connectivity index (χ1v) is 6.83. The number of fused-ring (bicyclic) bond motifs is 1. The van der Waals surface area contributed by atoms with Crippen LogP contribution in [0.3, 0.4) is 0 Å². The standard InChI is InChI=1S/C17H18N2O/c1-11-8-12(2)17-15(9-11)19-16(20-17)7-6-13-4-3-5-14(18)10-13/h3-5,8-10H,6-7,18H2,1-2H3. The van der Waals surface area contributed by atoms with Crippen molar-refractivity contribution in [1.82, 2.24) is 4.98 Å². The lowest BCUT2D eigenvalue weighted by atomic mass is 10.1. The Bertz CT molecular complexity index is 759. The van der Waals surface area contributed by atoms with Crippen molar-refractivity contribution >= 4 is 16.8 Å². The van der Waals surface area contributed by atoms with Crippen molar-refractivity contribution < 1.29 is 4.42 Å². The predicted molar refractivity (Wildman–Crippen MR) is 81.7 cm³/mol. The van der Waals surface area contributed by atoms with Gasteiger partial charge in [0.2, 0.25) is 0 Å². The zero-order valence-corrected chi connectivity index (χ0v) is 11.8. The molecule has 0 amide bonds. The highest BCUT2D eigenvalue weighted by atomic mass is 16.3. The zero-order valence-electron chi connectivity index (χ0n) is 11.8. The smallest absolute Gasteiger partial charge is 0.195 e. The van der Waals surface area contributed by atoms with E-state index in [9.17, 15) is 0 Å². The largest absolute Gasteiger partial charge is 0.440 e. The number of nitrogens with two attached hydrogens (primary N) is 1. The lowest BCUT2D eigenvalue weighted by Gasteiger charge is -2.00. The van der Waals surface area contributed by atoms with Gasteiger partial charge in [0.05, 0.1) is 0 Å². The number of aryl methyl sites for hydroxylation is 4. The average molecular weight is 266 g/mol. The van der Waals surface area contributed by atoms with E-state index >= 15 is 0 Å². The van der Waals surface area contributed by atoms with Crippen LogP contribution < -0.4 is 5.73 Å². The molecule has 1 aromatic heterocycles. The van der Waals surface area contributed by atoms with Crippen molar-refractivity contribution in [2.45, 2.75) is 26.7 Å². The van der Waals surface area contributed by atoms with Gasteiger partial charge in [0.15, 0.2) is 11.5 Å². The molecule has 2 aromatic carbocycles. The van der Waals surface area contributed by atoms with Gasteiger partial charge in [-0.3, -0.25) is 0 Å². The van der Waals surface area contributed by atoms with Gasteiger partial charge in [0, 0.05) is 12.1 Å². The number of anilines is 1. The molecule has 0 bridgehead atoms. The predicted octanol–water partition coefficient (Wildman–Crippen LogP) is 3.81. The molecule has 0 atom stereocenters. The van der Waals surface area contributed by atoms with Crippen LogP contribution in [0.5, 0.6) is 0 Å². The van der Waals surface area contributed by atoms with Crippen LogP contribution in [0, 0.1) is 13.8 Å². The molecular formula is C17H18N2O. The fraction of sp³-hybridized carbons (Fsp3) is 0.235. The van der Waals surface area contributed by atoms with E-state index < -0.39 is 0 Å². The topological polar surface area (TPSA) is 52.0 Å². The summed E-state index contributed by atoms with van der Waals surface area (Å²) in [5, 5.41) is 0. The number of hydrogen-bond acceptors (Lipinski definition) is 3. The molecule has 3 nitrogen and oxygen atoms in total. The Morgan fingerprint density at radius 1 is 1.10 bits per heavy atom. The molecule has 0 saturated heterocycles. The minimum absolute atomic E-state index is 0.788. The van der Waals surface area contributed by atoms with Crippen LogP contribution in [0.25, 0.3) is 11.1 Å². The van der Waals surface area contributed by atoms with Gasteiger partial charge >= 0.3 is 0 Å². The molecule has 3 rings (SSSR count). The van der Waals surface area contributed by atoms with Crippen LogP contribution in [-0.2, 0) is 12.8 Å². The molecule has 0 radical (unpaired) electrons. The summed E-state index contributed by atoms with van der Waals surface area (Å²) >= 11 is 0. The number of oxazole rings is 1. The van der Waals surface area contributed by atoms with Crippen LogP contribution in [0.1, 0.15) is 22.6 Å². The van der Waals surface area contributed by atoms with Crippen molar-refractivity contribution in [2.75, 3.05) is 5.73 Å². The number of benzene rings is 2. The van der Waals surface area contributed by atoms with Crippen molar-refractivity contribution in [3.05, 3.63) is 59.0 Å². The molecular weight excluding hydrogens is 248 g/mol. The van der Waals surface area contributed by atoms with Crippen LogP contribution in [0.4, 0.5) is 5.69 Å². The lowest BCUT2D eigenvalue weighted by molar-refractivity contribution is 0.526. The Hall–Kier alpha value is -2.29. The maximum absolute atomic E-state index is 5.86. The van der Waals surface area contributed by atoms with Gasteiger partial charge in [-0.15, -0.1) is 0 Å². The summed E-state index contributed by atoms with van der Waals surface area (Å²) in [4.78, 5) is 4.57. The third-order valence-corrected chi connectivity index (χ3v) is 3.44. The first kappa shape index (κ1) is 12.7. The highest BCUT2D eigenvalue weighted by molar-refractivity contribution is 5.77. The van der Waals surface area contributed by atoms with Crippen molar-refractivity contribution in [3.63, 3.8) is 0 Å². The van der Waals surface area contributed by atoms with Gasteiger partial charge in [-0.2, -0.15) is 0 Å². The molecule has 20 heavy (non-hydrogen) atoms. The molecule has 102 valence electrons. The Morgan fingerprint density at radius 2 is 1.95 bits per heavy atom. The summed E-state index contributed by atoms with van der Waals surface area (Å²) in [6.07, 6.45) is 1.67. The molecule has 3 heteroatoms. The lowest BCUT2D eigenvalue weighted by Crippen LogP contribution is -1.93. The van der Waals surface area contributed by atoms with Crippen molar-refractivity contribution in [3.8, 4) is 0 Å². The second kappa shape index (κ2) is 5.00. The average Bonchev–Trinajstić information content (AvgIpc) is 2.80. The Balaban J connectivity index is 1.83. The van der Waals surface area contributed by atoms with E-state index in [-0.39, 0.29) is 0 Å². The van der Waals surface area contributed by atoms with Gasteiger partial charge < -0.3 is 10.2 Å². The third-order valence-electron chi connectivity index (χ3n) is 3.44. The molecule has 0 aliphatic carbocycles. The van der Waals surface area contributed by atoms with Gasteiger partial charge in [0.25, 0.3) is 0 Å².